The number of rotatable bonds is 2. The molecule has 1 aliphatic carbocycles. The summed E-state index contributed by atoms with van der Waals surface area (Å²) in [5.74, 6) is 2.36. The Hall–Kier alpha value is -2.01. The van der Waals surface area contributed by atoms with E-state index in [1.165, 1.54) is 24.0 Å². The van der Waals surface area contributed by atoms with E-state index in [2.05, 4.69) is 30.1 Å². The first-order valence-electron chi connectivity index (χ1n) is 8.71. The van der Waals surface area contributed by atoms with Gasteiger partial charge in [-0.25, -0.2) is 0 Å². The summed E-state index contributed by atoms with van der Waals surface area (Å²) in [6.07, 6.45) is 7.13. The summed E-state index contributed by atoms with van der Waals surface area (Å²) in [5.41, 5.74) is 10.8. The van der Waals surface area contributed by atoms with Gasteiger partial charge in [0.05, 0.1) is 18.8 Å². The minimum absolute atomic E-state index is 0.233. The van der Waals surface area contributed by atoms with E-state index < -0.39 is 0 Å². The van der Waals surface area contributed by atoms with E-state index >= 15 is 0 Å². The third-order valence-corrected chi connectivity index (χ3v) is 6.46. The largest absolute Gasteiger partial charge is 0.495 e. The molecular formula is C20H23N3OS. The van der Waals surface area contributed by atoms with Gasteiger partial charge in [0.25, 0.3) is 0 Å². The van der Waals surface area contributed by atoms with E-state index in [0.29, 0.717) is 11.1 Å². The number of benzene rings is 1. The van der Waals surface area contributed by atoms with Gasteiger partial charge in [-0.3, -0.25) is 9.98 Å². The Labute approximate surface area is 152 Å². The SMILES string of the molecule is COc1cncc(-c2ccc3c(c2)C2(C)N=C(N)SCC2CCC3)c1. The number of aliphatic imine (C=N–C) groups is 1. The standard InChI is InChI=1S/C20H23N3OS/c1-20-16(12-25-19(21)23-20)5-3-4-13-6-7-14(9-18(13)20)15-8-17(24-2)11-22-10-15/h6-11,16H,3-5,12H2,1-2H3,(H2,21,23). The van der Waals surface area contributed by atoms with E-state index in [1.54, 1.807) is 25.1 Å². The number of hydrogen-bond acceptors (Lipinski definition) is 5. The molecule has 2 aliphatic rings. The Kier molecular flexibility index (Phi) is 4.20. The molecule has 130 valence electrons. The summed E-state index contributed by atoms with van der Waals surface area (Å²) in [7, 11) is 1.67. The molecule has 1 aromatic heterocycles. The molecule has 4 nitrogen and oxygen atoms in total. The average molecular weight is 353 g/mol. The number of ether oxygens (including phenoxy) is 1. The van der Waals surface area contributed by atoms with Crippen molar-refractivity contribution in [3.05, 3.63) is 47.8 Å². The van der Waals surface area contributed by atoms with E-state index in [9.17, 15) is 0 Å². The van der Waals surface area contributed by atoms with E-state index in [4.69, 9.17) is 15.5 Å². The zero-order valence-electron chi connectivity index (χ0n) is 14.7. The van der Waals surface area contributed by atoms with Crippen molar-refractivity contribution in [3.63, 3.8) is 0 Å². The van der Waals surface area contributed by atoms with E-state index in [-0.39, 0.29) is 5.54 Å². The smallest absolute Gasteiger partial charge is 0.154 e. The summed E-state index contributed by atoms with van der Waals surface area (Å²) in [4.78, 5) is 9.22. The van der Waals surface area contributed by atoms with Crippen LogP contribution in [0.15, 0.2) is 41.7 Å². The molecule has 5 heteroatoms. The lowest BCUT2D eigenvalue weighted by Gasteiger charge is -2.37. The monoisotopic (exact) mass is 353 g/mol. The average Bonchev–Trinajstić information content (AvgIpc) is 2.77. The number of thioether (sulfide) groups is 1. The first-order chi connectivity index (χ1) is 12.1. The third kappa shape index (κ3) is 2.91. The van der Waals surface area contributed by atoms with Crippen molar-refractivity contribution < 1.29 is 4.74 Å². The minimum Gasteiger partial charge on any atom is -0.495 e. The number of methoxy groups -OCH3 is 1. The lowest BCUT2D eigenvalue weighted by molar-refractivity contribution is 0.317. The summed E-state index contributed by atoms with van der Waals surface area (Å²) in [5, 5.41) is 0.708. The first-order valence-corrected chi connectivity index (χ1v) is 9.69. The van der Waals surface area contributed by atoms with Gasteiger partial charge >= 0.3 is 0 Å². The summed E-state index contributed by atoms with van der Waals surface area (Å²) >= 11 is 1.69. The van der Waals surface area contributed by atoms with Gasteiger partial charge in [0.2, 0.25) is 0 Å². The molecule has 0 bridgehead atoms. The fourth-order valence-corrected chi connectivity index (χ4v) is 5.14. The maximum absolute atomic E-state index is 6.11. The number of aromatic nitrogens is 1. The molecule has 0 spiro atoms. The zero-order valence-corrected chi connectivity index (χ0v) is 15.5. The van der Waals surface area contributed by atoms with Crippen LogP contribution in [0.3, 0.4) is 0 Å². The normalized spacial score (nSPS) is 25.4. The number of amidine groups is 1. The highest BCUT2D eigenvalue weighted by atomic mass is 32.2. The van der Waals surface area contributed by atoms with Gasteiger partial charge in [0, 0.05) is 17.5 Å². The minimum atomic E-state index is -0.233. The molecule has 4 rings (SSSR count). The quantitative estimate of drug-likeness (QED) is 0.887. The van der Waals surface area contributed by atoms with Crippen LogP contribution in [0.2, 0.25) is 0 Å². The van der Waals surface area contributed by atoms with Crippen molar-refractivity contribution in [2.24, 2.45) is 16.6 Å². The van der Waals surface area contributed by atoms with Gasteiger partial charge in [-0.2, -0.15) is 0 Å². The van der Waals surface area contributed by atoms with Gasteiger partial charge in [-0.05, 0) is 60.9 Å². The molecule has 2 atom stereocenters. The van der Waals surface area contributed by atoms with Crippen molar-refractivity contribution in [1.29, 1.82) is 0 Å². The fourth-order valence-electron chi connectivity index (χ4n) is 4.02. The number of nitrogens with zero attached hydrogens (tertiary/aromatic N) is 2. The van der Waals surface area contributed by atoms with Crippen LogP contribution >= 0.6 is 11.8 Å². The molecule has 0 amide bonds. The predicted octanol–water partition coefficient (Wildman–Crippen LogP) is 3.99. The molecule has 0 fully saturated rings. The molecule has 1 aliphatic heterocycles. The lowest BCUT2D eigenvalue weighted by atomic mass is 9.78. The number of aryl methyl sites for hydroxylation is 1. The van der Waals surface area contributed by atoms with Crippen LogP contribution in [0, 0.1) is 5.92 Å². The van der Waals surface area contributed by atoms with Crippen LogP contribution in [-0.4, -0.2) is 23.0 Å². The molecule has 0 saturated heterocycles. The van der Waals surface area contributed by atoms with Crippen LogP contribution in [0.25, 0.3) is 11.1 Å². The van der Waals surface area contributed by atoms with Crippen LogP contribution in [0.1, 0.15) is 30.9 Å². The van der Waals surface area contributed by atoms with Crippen molar-refractivity contribution in [2.45, 2.75) is 31.7 Å². The number of hydrogen-bond donors (Lipinski definition) is 1. The highest BCUT2D eigenvalue weighted by molar-refractivity contribution is 8.13. The summed E-state index contributed by atoms with van der Waals surface area (Å²) in [6, 6.07) is 8.76. The Morgan fingerprint density at radius 2 is 2.12 bits per heavy atom. The molecule has 0 saturated carbocycles. The van der Waals surface area contributed by atoms with Gasteiger partial charge in [0.1, 0.15) is 5.75 Å². The van der Waals surface area contributed by atoms with Crippen molar-refractivity contribution in [2.75, 3.05) is 12.9 Å². The van der Waals surface area contributed by atoms with Crippen LogP contribution in [-0.2, 0) is 12.0 Å². The predicted molar refractivity (Wildman–Crippen MR) is 104 cm³/mol. The second kappa shape index (κ2) is 6.37. The Balaban J connectivity index is 1.85. The van der Waals surface area contributed by atoms with Crippen LogP contribution in [0.5, 0.6) is 5.75 Å². The maximum atomic E-state index is 6.11. The summed E-state index contributed by atoms with van der Waals surface area (Å²) < 4.78 is 5.33. The number of pyridine rings is 1. The van der Waals surface area contributed by atoms with Gasteiger partial charge in [0.15, 0.2) is 5.17 Å². The topological polar surface area (TPSA) is 60.5 Å². The molecule has 2 heterocycles. The van der Waals surface area contributed by atoms with Gasteiger partial charge in [-0.15, -0.1) is 0 Å². The van der Waals surface area contributed by atoms with Crippen molar-refractivity contribution in [3.8, 4) is 16.9 Å². The van der Waals surface area contributed by atoms with Gasteiger partial charge < -0.3 is 10.5 Å². The maximum Gasteiger partial charge on any atom is 0.154 e. The Morgan fingerprint density at radius 1 is 1.24 bits per heavy atom. The number of fused-ring (bicyclic) bond motifs is 3. The second-order valence-corrected chi connectivity index (χ2v) is 8.02. The molecule has 2 N–H and O–H groups in total. The van der Waals surface area contributed by atoms with Crippen LogP contribution in [0.4, 0.5) is 0 Å². The zero-order chi connectivity index (χ0) is 17.4. The molecule has 0 radical (unpaired) electrons. The Bertz CT molecular complexity index is 835. The fraction of sp³-hybridized carbons (Fsp3) is 0.400. The van der Waals surface area contributed by atoms with Gasteiger partial charge in [-0.1, -0.05) is 23.9 Å². The molecular weight excluding hydrogens is 330 g/mol. The third-order valence-electron chi connectivity index (χ3n) is 5.51. The molecule has 2 aromatic rings. The second-order valence-electron chi connectivity index (χ2n) is 6.98. The summed E-state index contributed by atoms with van der Waals surface area (Å²) in [6.45, 7) is 2.25. The van der Waals surface area contributed by atoms with Crippen LogP contribution < -0.4 is 10.5 Å². The lowest BCUT2D eigenvalue weighted by Crippen LogP contribution is -2.37. The Morgan fingerprint density at radius 3 is 2.96 bits per heavy atom. The molecule has 2 unspecified atom stereocenters. The highest BCUT2D eigenvalue weighted by Gasteiger charge is 2.41. The van der Waals surface area contributed by atoms with Crippen molar-refractivity contribution >= 4 is 16.9 Å². The first kappa shape index (κ1) is 16.5. The number of nitrogens with two attached hydrogens (primary N) is 1. The molecule has 25 heavy (non-hydrogen) atoms. The van der Waals surface area contributed by atoms with E-state index in [1.807, 2.05) is 12.3 Å². The molecule has 1 aromatic carbocycles. The van der Waals surface area contributed by atoms with Crippen molar-refractivity contribution in [1.82, 2.24) is 4.98 Å². The van der Waals surface area contributed by atoms with E-state index in [0.717, 1.165) is 29.1 Å². The highest BCUT2D eigenvalue weighted by Crippen LogP contribution is 2.46.